The lowest BCUT2D eigenvalue weighted by Gasteiger charge is -2.10. The normalized spacial score (nSPS) is 11.0. The molecule has 2 rings (SSSR count). The molecular formula is C18H23N3O4S. The number of para-hydroxylation sites is 1. The zero-order valence-electron chi connectivity index (χ0n) is 14.6. The quantitative estimate of drug-likeness (QED) is 0.606. The van der Waals surface area contributed by atoms with E-state index in [4.69, 9.17) is 9.88 Å². The third-order valence-corrected chi connectivity index (χ3v) is 4.62. The second-order valence-corrected chi connectivity index (χ2v) is 7.30. The van der Waals surface area contributed by atoms with Crippen molar-refractivity contribution < 1.29 is 17.9 Å². The molecule has 0 spiro atoms. The van der Waals surface area contributed by atoms with Crippen molar-refractivity contribution >= 4 is 16.1 Å². The fraction of sp³-hybridized carbons (Fsp3) is 0.278. The van der Waals surface area contributed by atoms with Crippen LogP contribution >= 0.6 is 0 Å². The molecule has 2 aromatic rings. The highest BCUT2D eigenvalue weighted by Crippen LogP contribution is 2.15. The number of carbonyl (C=O) groups excluding carboxylic acids is 1. The van der Waals surface area contributed by atoms with Gasteiger partial charge >= 0.3 is 6.03 Å². The van der Waals surface area contributed by atoms with Crippen molar-refractivity contribution in [3.05, 3.63) is 59.7 Å². The van der Waals surface area contributed by atoms with Crippen LogP contribution in [0.4, 0.5) is 4.79 Å². The van der Waals surface area contributed by atoms with E-state index in [-0.39, 0.29) is 10.9 Å². The summed E-state index contributed by atoms with van der Waals surface area (Å²) in [5.41, 5.74) is 1.95. The Morgan fingerprint density at radius 1 is 1.04 bits per heavy atom. The number of amides is 2. The van der Waals surface area contributed by atoms with Gasteiger partial charge in [-0.1, -0.05) is 30.3 Å². The van der Waals surface area contributed by atoms with Crippen LogP contribution in [0.2, 0.25) is 0 Å². The Morgan fingerprint density at radius 2 is 1.69 bits per heavy atom. The Labute approximate surface area is 153 Å². The summed E-state index contributed by atoms with van der Waals surface area (Å²) in [7, 11) is -3.68. The van der Waals surface area contributed by atoms with Crippen LogP contribution in [-0.4, -0.2) is 34.1 Å². The summed E-state index contributed by atoms with van der Waals surface area (Å²) in [5.74, 6) is 0.803. The lowest BCUT2D eigenvalue weighted by Crippen LogP contribution is -2.38. The van der Waals surface area contributed by atoms with Gasteiger partial charge in [0.15, 0.2) is 0 Å². The number of nitrogens with one attached hydrogen (secondary N) is 2. The molecule has 8 heteroatoms. The van der Waals surface area contributed by atoms with E-state index in [0.29, 0.717) is 26.1 Å². The maximum absolute atomic E-state index is 11.7. The zero-order chi connectivity index (χ0) is 19.0. The molecule has 7 nitrogen and oxygen atoms in total. The van der Waals surface area contributed by atoms with Gasteiger partial charge in [-0.25, -0.2) is 18.4 Å². The molecule has 0 aliphatic carbocycles. The zero-order valence-corrected chi connectivity index (χ0v) is 15.4. The van der Waals surface area contributed by atoms with Gasteiger partial charge in [0.25, 0.3) is 0 Å². The van der Waals surface area contributed by atoms with Gasteiger partial charge in [0.05, 0.1) is 11.4 Å². The minimum Gasteiger partial charge on any atom is -0.491 e. The van der Waals surface area contributed by atoms with Crippen LogP contribution in [0.15, 0.2) is 53.4 Å². The molecule has 4 N–H and O–H groups in total. The second-order valence-electron chi connectivity index (χ2n) is 5.74. The molecule has 26 heavy (non-hydrogen) atoms. The van der Waals surface area contributed by atoms with Gasteiger partial charge in [-0.15, -0.1) is 0 Å². The molecule has 0 aliphatic rings. The van der Waals surface area contributed by atoms with Crippen LogP contribution in [0.3, 0.4) is 0 Å². The van der Waals surface area contributed by atoms with Gasteiger partial charge in [0.2, 0.25) is 10.0 Å². The van der Waals surface area contributed by atoms with Crippen molar-refractivity contribution in [2.45, 2.75) is 18.2 Å². The highest BCUT2D eigenvalue weighted by molar-refractivity contribution is 7.89. The molecule has 0 bridgehead atoms. The van der Waals surface area contributed by atoms with Crippen LogP contribution in [0.5, 0.6) is 5.75 Å². The lowest BCUT2D eigenvalue weighted by molar-refractivity contribution is 0.236. The molecular weight excluding hydrogens is 354 g/mol. The maximum Gasteiger partial charge on any atom is 0.314 e. The predicted molar refractivity (Wildman–Crippen MR) is 99.6 cm³/mol. The first-order valence-electron chi connectivity index (χ1n) is 8.18. The highest BCUT2D eigenvalue weighted by atomic mass is 32.2. The van der Waals surface area contributed by atoms with Gasteiger partial charge in [-0.2, -0.15) is 0 Å². The van der Waals surface area contributed by atoms with Crippen molar-refractivity contribution in [2.24, 2.45) is 5.14 Å². The number of sulfonamides is 1. The fourth-order valence-corrected chi connectivity index (χ4v) is 2.79. The van der Waals surface area contributed by atoms with Gasteiger partial charge in [-0.3, -0.25) is 0 Å². The average molecular weight is 377 g/mol. The van der Waals surface area contributed by atoms with Crippen LogP contribution in [0, 0.1) is 6.92 Å². The van der Waals surface area contributed by atoms with Crippen LogP contribution in [-0.2, 0) is 16.4 Å². The number of hydrogen-bond donors (Lipinski definition) is 3. The summed E-state index contributed by atoms with van der Waals surface area (Å²) in [4.78, 5) is 11.8. The minimum absolute atomic E-state index is 0.0700. The summed E-state index contributed by atoms with van der Waals surface area (Å²) >= 11 is 0. The molecule has 2 aromatic carbocycles. The van der Waals surface area contributed by atoms with Crippen LogP contribution in [0.25, 0.3) is 0 Å². The number of primary sulfonamides is 1. The van der Waals surface area contributed by atoms with E-state index in [1.807, 2.05) is 31.2 Å². The lowest BCUT2D eigenvalue weighted by atomic mass is 10.1. The number of urea groups is 1. The molecule has 2 amide bonds. The largest absolute Gasteiger partial charge is 0.491 e. The van der Waals surface area contributed by atoms with E-state index >= 15 is 0 Å². The molecule has 0 saturated carbocycles. The predicted octanol–water partition coefficient (Wildman–Crippen LogP) is 1.56. The topological polar surface area (TPSA) is 111 Å². The SMILES string of the molecule is Cc1ccccc1OCCNC(=O)NCCc1ccc(S(N)(=O)=O)cc1. The third-order valence-electron chi connectivity index (χ3n) is 3.69. The Balaban J connectivity index is 1.64. The number of hydrogen-bond acceptors (Lipinski definition) is 4. The molecule has 140 valence electrons. The van der Waals surface area contributed by atoms with E-state index in [0.717, 1.165) is 16.9 Å². The summed E-state index contributed by atoms with van der Waals surface area (Å²) in [6.07, 6.45) is 0.581. The molecule has 0 aromatic heterocycles. The second kappa shape index (κ2) is 9.21. The first-order chi connectivity index (χ1) is 12.4. The van der Waals surface area contributed by atoms with Crippen LogP contribution in [0.1, 0.15) is 11.1 Å². The average Bonchev–Trinajstić information content (AvgIpc) is 2.60. The molecule has 0 atom stereocenters. The summed E-state index contributed by atoms with van der Waals surface area (Å²) in [6, 6.07) is 13.7. The first-order valence-corrected chi connectivity index (χ1v) is 9.73. The van der Waals surface area contributed by atoms with Gasteiger partial charge < -0.3 is 15.4 Å². The van der Waals surface area contributed by atoms with E-state index in [9.17, 15) is 13.2 Å². The summed E-state index contributed by atoms with van der Waals surface area (Å²) in [6.45, 7) is 3.17. The molecule has 0 heterocycles. The molecule has 0 aliphatic heterocycles. The smallest absolute Gasteiger partial charge is 0.314 e. The molecule has 0 fully saturated rings. The molecule has 0 saturated heterocycles. The van der Waals surface area contributed by atoms with E-state index in [1.54, 1.807) is 12.1 Å². The number of aryl methyl sites for hydroxylation is 1. The van der Waals surface area contributed by atoms with Crippen molar-refractivity contribution in [3.8, 4) is 5.75 Å². The van der Waals surface area contributed by atoms with Crippen molar-refractivity contribution in [1.82, 2.24) is 10.6 Å². The van der Waals surface area contributed by atoms with Gasteiger partial charge in [0, 0.05) is 6.54 Å². The van der Waals surface area contributed by atoms with Gasteiger partial charge in [0.1, 0.15) is 12.4 Å². The Kier molecular flexibility index (Phi) is 6.99. The monoisotopic (exact) mass is 377 g/mol. The highest BCUT2D eigenvalue weighted by Gasteiger charge is 2.07. The van der Waals surface area contributed by atoms with E-state index in [1.165, 1.54) is 12.1 Å². The third kappa shape index (κ3) is 6.38. The Morgan fingerprint density at radius 3 is 2.35 bits per heavy atom. The Hall–Kier alpha value is -2.58. The number of ether oxygens (including phenoxy) is 1. The van der Waals surface area contributed by atoms with Crippen molar-refractivity contribution in [2.75, 3.05) is 19.7 Å². The van der Waals surface area contributed by atoms with Crippen LogP contribution < -0.4 is 20.5 Å². The standard InChI is InChI=1S/C18H23N3O4S/c1-14-4-2-3-5-17(14)25-13-12-21-18(22)20-11-10-15-6-8-16(9-7-15)26(19,23)24/h2-9H,10-13H2,1H3,(H2,19,23,24)(H2,20,21,22). The Bertz CT molecular complexity index is 836. The summed E-state index contributed by atoms with van der Waals surface area (Å²) < 4.78 is 28.0. The fourth-order valence-electron chi connectivity index (χ4n) is 2.27. The number of rotatable bonds is 8. The number of nitrogens with two attached hydrogens (primary N) is 1. The van der Waals surface area contributed by atoms with Crippen molar-refractivity contribution in [1.29, 1.82) is 0 Å². The van der Waals surface area contributed by atoms with E-state index < -0.39 is 10.0 Å². The maximum atomic E-state index is 11.7. The number of benzene rings is 2. The first kappa shape index (κ1) is 19.7. The minimum atomic E-state index is -3.68. The number of carbonyl (C=O) groups is 1. The van der Waals surface area contributed by atoms with Crippen molar-refractivity contribution in [3.63, 3.8) is 0 Å². The summed E-state index contributed by atoms with van der Waals surface area (Å²) in [5, 5.41) is 10.5. The van der Waals surface area contributed by atoms with Gasteiger partial charge in [-0.05, 0) is 42.7 Å². The van der Waals surface area contributed by atoms with E-state index in [2.05, 4.69) is 10.6 Å². The molecule has 0 unspecified atom stereocenters. The molecule has 0 radical (unpaired) electrons.